The van der Waals surface area contributed by atoms with E-state index in [1.807, 2.05) is 45.0 Å². The summed E-state index contributed by atoms with van der Waals surface area (Å²) in [5, 5.41) is 11.8. The van der Waals surface area contributed by atoms with Crippen molar-refractivity contribution in [1.82, 2.24) is 5.32 Å². The third-order valence-corrected chi connectivity index (χ3v) is 3.64. The van der Waals surface area contributed by atoms with Crippen LogP contribution in [-0.4, -0.2) is 23.5 Å². The van der Waals surface area contributed by atoms with Crippen LogP contribution in [0.15, 0.2) is 24.3 Å². The molecule has 0 saturated heterocycles. The first-order valence-electron chi connectivity index (χ1n) is 7.16. The van der Waals surface area contributed by atoms with E-state index in [0.717, 1.165) is 5.56 Å². The van der Waals surface area contributed by atoms with Crippen LogP contribution in [-0.2, 0) is 9.59 Å². The zero-order chi connectivity index (χ0) is 16.0. The summed E-state index contributed by atoms with van der Waals surface area (Å²) in [7, 11) is 0. The predicted molar refractivity (Wildman–Crippen MR) is 82.9 cm³/mol. The Kier molecular flexibility index (Phi) is 6.21. The lowest BCUT2D eigenvalue weighted by Gasteiger charge is -2.18. The van der Waals surface area contributed by atoms with Crippen LogP contribution in [0.1, 0.15) is 38.7 Å². The number of benzene rings is 1. The highest BCUT2D eigenvalue weighted by Gasteiger charge is 2.22. The quantitative estimate of drug-likeness (QED) is 0.672. The van der Waals surface area contributed by atoms with Crippen LogP contribution in [0.25, 0.3) is 0 Å². The zero-order valence-corrected chi connectivity index (χ0v) is 12.8. The van der Waals surface area contributed by atoms with Gasteiger partial charge in [-0.05, 0) is 29.5 Å². The second kappa shape index (κ2) is 7.67. The van der Waals surface area contributed by atoms with Crippen molar-refractivity contribution >= 4 is 17.6 Å². The van der Waals surface area contributed by atoms with Crippen LogP contribution >= 0.6 is 0 Å². The molecule has 0 heterocycles. The van der Waals surface area contributed by atoms with Crippen LogP contribution < -0.4 is 11.1 Å². The van der Waals surface area contributed by atoms with Crippen molar-refractivity contribution in [2.75, 3.05) is 12.3 Å². The summed E-state index contributed by atoms with van der Waals surface area (Å²) in [4.78, 5) is 23.0. The lowest BCUT2D eigenvalue weighted by Crippen LogP contribution is -2.35. The van der Waals surface area contributed by atoms with Gasteiger partial charge in [-0.25, -0.2) is 0 Å². The molecule has 5 nitrogen and oxygen atoms in total. The number of nitrogens with one attached hydrogen (secondary N) is 1. The molecule has 1 aromatic carbocycles. The molecule has 0 aliphatic rings. The van der Waals surface area contributed by atoms with Gasteiger partial charge in [0, 0.05) is 18.7 Å². The normalized spacial score (nSPS) is 13.7. The fraction of sp³-hybridized carbons (Fsp3) is 0.500. The summed E-state index contributed by atoms with van der Waals surface area (Å²) >= 11 is 0. The third-order valence-electron chi connectivity index (χ3n) is 3.64. The Bertz CT molecular complexity index is 483. The maximum Gasteiger partial charge on any atom is 0.308 e. The van der Waals surface area contributed by atoms with E-state index in [1.165, 1.54) is 0 Å². The number of nitrogens with two attached hydrogens (primary N) is 1. The molecule has 0 aliphatic heterocycles. The van der Waals surface area contributed by atoms with Gasteiger partial charge in [0.2, 0.25) is 5.91 Å². The van der Waals surface area contributed by atoms with Gasteiger partial charge in [0.05, 0.1) is 5.92 Å². The van der Waals surface area contributed by atoms with Crippen molar-refractivity contribution in [1.29, 1.82) is 0 Å². The van der Waals surface area contributed by atoms with E-state index in [-0.39, 0.29) is 24.3 Å². The number of hydrogen-bond donors (Lipinski definition) is 3. The molecule has 0 aromatic heterocycles. The summed E-state index contributed by atoms with van der Waals surface area (Å²) in [6.45, 7) is 5.80. The molecule has 0 bridgehead atoms. The SMILES string of the molecule is CC(CC(=O)NCC(C(=O)O)C(C)C)c1ccc(N)cc1. The maximum atomic E-state index is 11.9. The van der Waals surface area contributed by atoms with Crippen molar-refractivity contribution in [3.8, 4) is 0 Å². The second-order valence-electron chi connectivity index (χ2n) is 5.76. The molecule has 116 valence electrons. The van der Waals surface area contributed by atoms with Crippen molar-refractivity contribution in [3.63, 3.8) is 0 Å². The minimum Gasteiger partial charge on any atom is -0.481 e. The number of carboxylic acids is 1. The first kappa shape index (κ1) is 17.0. The molecule has 0 fully saturated rings. The molecule has 21 heavy (non-hydrogen) atoms. The van der Waals surface area contributed by atoms with Gasteiger partial charge in [-0.2, -0.15) is 0 Å². The average molecular weight is 292 g/mol. The van der Waals surface area contributed by atoms with Crippen molar-refractivity contribution in [2.24, 2.45) is 11.8 Å². The molecular formula is C16H24N2O3. The highest BCUT2D eigenvalue weighted by Crippen LogP contribution is 2.20. The van der Waals surface area contributed by atoms with Crippen molar-refractivity contribution in [3.05, 3.63) is 29.8 Å². The number of carbonyl (C=O) groups is 2. The lowest BCUT2D eigenvalue weighted by atomic mass is 9.95. The Morgan fingerprint density at radius 2 is 1.76 bits per heavy atom. The van der Waals surface area contributed by atoms with Gasteiger partial charge >= 0.3 is 5.97 Å². The molecular weight excluding hydrogens is 268 g/mol. The van der Waals surface area contributed by atoms with Gasteiger partial charge in [0.1, 0.15) is 0 Å². The lowest BCUT2D eigenvalue weighted by molar-refractivity contribution is -0.143. The van der Waals surface area contributed by atoms with Crippen LogP contribution in [0.5, 0.6) is 0 Å². The van der Waals surface area contributed by atoms with Crippen molar-refractivity contribution in [2.45, 2.75) is 33.1 Å². The minimum absolute atomic E-state index is 0.0164. The molecule has 0 spiro atoms. The first-order valence-corrected chi connectivity index (χ1v) is 7.16. The molecule has 1 aromatic rings. The Morgan fingerprint density at radius 1 is 1.19 bits per heavy atom. The molecule has 1 rings (SSSR count). The number of rotatable bonds is 7. The molecule has 1 amide bonds. The van der Waals surface area contributed by atoms with E-state index in [9.17, 15) is 9.59 Å². The fourth-order valence-corrected chi connectivity index (χ4v) is 2.12. The Labute approximate surface area is 125 Å². The molecule has 2 unspecified atom stereocenters. The monoisotopic (exact) mass is 292 g/mol. The van der Waals surface area contributed by atoms with Crippen LogP contribution in [0.4, 0.5) is 5.69 Å². The summed E-state index contributed by atoms with van der Waals surface area (Å²) < 4.78 is 0. The summed E-state index contributed by atoms with van der Waals surface area (Å²) in [6, 6.07) is 7.43. The van der Waals surface area contributed by atoms with E-state index in [0.29, 0.717) is 12.1 Å². The van der Waals surface area contributed by atoms with Gasteiger partial charge in [0.25, 0.3) is 0 Å². The molecule has 0 radical (unpaired) electrons. The standard InChI is InChI=1S/C16H24N2O3/c1-10(2)14(16(20)21)9-18-15(19)8-11(3)12-4-6-13(17)7-5-12/h4-7,10-11,14H,8-9,17H2,1-3H3,(H,18,19)(H,20,21). The Hall–Kier alpha value is -2.04. The largest absolute Gasteiger partial charge is 0.481 e. The van der Waals surface area contributed by atoms with E-state index in [4.69, 9.17) is 10.8 Å². The first-order chi connectivity index (χ1) is 9.81. The Morgan fingerprint density at radius 3 is 2.24 bits per heavy atom. The maximum absolute atomic E-state index is 11.9. The minimum atomic E-state index is -0.878. The number of carboxylic acid groups (broad SMARTS) is 1. The summed E-state index contributed by atoms with van der Waals surface area (Å²) in [6.07, 6.45) is 0.328. The number of carbonyl (C=O) groups excluding carboxylic acids is 1. The van der Waals surface area contributed by atoms with Gasteiger partial charge < -0.3 is 16.2 Å². The van der Waals surface area contributed by atoms with Gasteiger partial charge in [-0.1, -0.05) is 32.9 Å². The molecule has 4 N–H and O–H groups in total. The highest BCUT2D eigenvalue weighted by atomic mass is 16.4. The van der Waals surface area contributed by atoms with E-state index >= 15 is 0 Å². The Balaban J connectivity index is 2.49. The van der Waals surface area contributed by atoms with Gasteiger partial charge in [-0.15, -0.1) is 0 Å². The van der Waals surface area contributed by atoms with Crippen LogP contribution in [0.2, 0.25) is 0 Å². The second-order valence-corrected chi connectivity index (χ2v) is 5.76. The number of anilines is 1. The van der Waals surface area contributed by atoms with Gasteiger partial charge in [0.15, 0.2) is 0 Å². The average Bonchev–Trinajstić information content (AvgIpc) is 2.38. The predicted octanol–water partition coefficient (Wildman–Crippen LogP) is 2.24. The number of amides is 1. The smallest absolute Gasteiger partial charge is 0.308 e. The van der Waals surface area contributed by atoms with E-state index < -0.39 is 11.9 Å². The molecule has 5 heteroatoms. The summed E-state index contributed by atoms with van der Waals surface area (Å²) in [5.41, 5.74) is 7.36. The number of nitrogen functional groups attached to an aromatic ring is 1. The molecule has 2 atom stereocenters. The molecule has 0 aliphatic carbocycles. The zero-order valence-electron chi connectivity index (χ0n) is 12.8. The fourth-order valence-electron chi connectivity index (χ4n) is 2.12. The summed E-state index contributed by atoms with van der Waals surface area (Å²) in [5.74, 6) is -1.52. The van der Waals surface area contributed by atoms with Crippen molar-refractivity contribution < 1.29 is 14.7 Å². The highest BCUT2D eigenvalue weighted by molar-refractivity contribution is 5.78. The van der Waals surface area contributed by atoms with E-state index in [1.54, 1.807) is 0 Å². The number of hydrogen-bond acceptors (Lipinski definition) is 3. The van der Waals surface area contributed by atoms with E-state index in [2.05, 4.69) is 5.32 Å². The topological polar surface area (TPSA) is 92.4 Å². The molecule has 0 saturated carbocycles. The van der Waals surface area contributed by atoms with Crippen LogP contribution in [0.3, 0.4) is 0 Å². The number of aliphatic carboxylic acids is 1. The van der Waals surface area contributed by atoms with Crippen LogP contribution in [0, 0.1) is 11.8 Å². The van der Waals surface area contributed by atoms with Gasteiger partial charge in [-0.3, -0.25) is 9.59 Å². The third kappa shape index (κ3) is 5.45.